The molecule has 2 N–H and O–H groups in total. The minimum absolute atomic E-state index is 0.0981. The van der Waals surface area contributed by atoms with Crippen LogP contribution in [0.3, 0.4) is 0 Å². The number of benzene rings is 1. The summed E-state index contributed by atoms with van der Waals surface area (Å²) < 4.78 is 3.28. The van der Waals surface area contributed by atoms with E-state index in [1.807, 2.05) is 42.8 Å². The van der Waals surface area contributed by atoms with Crippen LogP contribution in [0.4, 0.5) is 5.82 Å². The fraction of sp³-hybridized carbons (Fsp3) is 0.263. The van der Waals surface area contributed by atoms with Gasteiger partial charge in [-0.3, -0.25) is 14.2 Å². The Morgan fingerprint density at radius 1 is 1.22 bits per heavy atom. The van der Waals surface area contributed by atoms with Gasteiger partial charge in [0.25, 0.3) is 0 Å². The predicted molar refractivity (Wildman–Crippen MR) is 99.7 cm³/mol. The van der Waals surface area contributed by atoms with Crippen molar-refractivity contribution in [2.45, 2.75) is 33.4 Å². The SMILES string of the molecule is Cc1cccc(Cn2nc(NC(=O)CCn3cc(C(=O)O)cn3)cc2C)c1. The Morgan fingerprint density at radius 3 is 2.74 bits per heavy atom. The van der Waals surface area contributed by atoms with E-state index in [1.54, 1.807) is 0 Å². The minimum atomic E-state index is -1.04. The molecule has 0 atom stereocenters. The maximum Gasteiger partial charge on any atom is 0.338 e. The fourth-order valence-corrected chi connectivity index (χ4v) is 2.73. The van der Waals surface area contributed by atoms with Crippen molar-refractivity contribution in [3.8, 4) is 0 Å². The molecular formula is C19H21N5O3. The van der Waals surface area contributed by atoms with Crippen molar-refractivity contribution in [1.29, 1.82) is 0 Å². The van der Waals surface area contributed by atoms with Crippen LogP contribution in [-0.4, -0.2) is 36.5 Å². The molecule has 0 radical (unpaired) electrons. The number of carboxylic acid groups (broad SMARTS) is 1. The first-order valence-corrected chi connectivity index (χ1v) is 8.56. The van der Waals surface area contributed by atoms with Gasteiger partial charge >= 0.3 is 5.97 Å². The molecule has 1 aromatic carbocycles. The predicted octanol–water partition coefficient (Wildman–Crippen LogP) is 2.47. The van der Waals surface area contributed by atoms with E-state index < -0.39 is 5.97 Å². The molecule has 8 heteroatoms. The van der Waals surface area contributed by atoms with Crippen molar-refractivity contribution in [2.24, 2.45) is 0 Å². The summed E-state index contributed by atoms with van der Waals surface area (Å²) in [7, 11) is 0. The van der Waals surface area contributed by atoms with Crippen LogP contribution in [0.15, 0.2) is 42.7 Å². The molecule has 140 valence electrons. The van der Waals surface area contributed by atoms with Crippen LogP contribution >= 0.6 is 0 Å². The number of carbonyl (C=O) groups is 2. The lowest BCUT2D eigenvalue weighted by atomic mass is 10.1. The Hall–Kier alpha value is -3.42. The van der Waals surface area contributed by atoms with E-state index in [2.05, 4.69) is 21.6 Å². The zero-order valence-electron chi connectivity index (χ0n) is 15.2. The number of hydrogen-bond acceptors (Lipinski definition) is 4. The molecule has 0 aliphatic heterocycles. The first-order chi connectivity index (χ1) is 12.9. The molecule has 2 aromatic heterocycles. The van der Waals surface area contributed by atoms with Gasteiger partial charge in [-0.1, -0.05) is 29.8 Å². The summed E-state index contributed by atoms with van der Waals surface area (Å²) in [5.74, 6) is -0.750. The van der Waals surface area contributed by atoms with E-state index in [4.69, 9.17) is 5.11 Å². The summed E-state index contributed by atoms with van der Waals surface area (Å²) in [5.41, 5.74) is 3.38. The lowest BCUT2D eigenvalue weighted by Crippen LogP contribution is -2.15. The van der Waals surface area contributed by atoms with E-state index in [0.29, 0.717) is 18.9 Å². The Labute approximate surface area is 156 Å². The van der Waals surface area contributed by atoms with Crippen molar-refractivity contribution in [2.75, 3.05) is 5.32 Å². The number of nitrogens with zero attached hydrogens (tertiary/aromatic N) is 4. The molecule has 27 heavy (non-hydrogen) atoms. The summed E-state index contributed by atoms with van der Waals surface area (Å²) >= 11 is 0. The van der Waals surface area contributed by atoms with Crippen molar-refractivity contribution in [3.63, 3.8) is 0 Å². The van der Waals surface area contributed by atoms with Crippen LogP contribution in [0.5, 0.6) is 0 Å². The van der Waals surface area contributed by atoms with E-state index in [-0.39, 0.29) is 17.9 Å². The molecule has 0 bridgehead atoms. The Morgan fingerprint density at radius 2 is 2.04 bits per heavy atom. The van der Waals surface area contributed by atoms with Gasteiger partial charge in [-0.25, -0.2) is 4.79 Å². The van der Waals surface area contributed by atoms with Gasteiger partial charge in [0.1, 0.15) is 0 Å². The minimum Gasteiger partial charge on any atom is -0.478 e. The van der Waals surface area contributed by atoms with Gasteiger partial charge in [-0.05, 0) is 19.4 Å². The quantitative estimate of drug-likeness (QED) is 0.668. The summed E-state index contributed by atoms with van der Waals surface area (Å²) in [6, 6.07) is 10.0. The van der Waals surface area contributed by atoms with E-state index >= 15 is 0 Å². The summed E-state index contributed by atoms with van der Waals surface area (Å²) in [4.78, 5) is 23.0. The van der Waals surface area contributed by atoms with Gasteiger partial charge < -0.3 is 10.4 Å². The lowest BCUT2D eigenvalue weighted by molar-refractivity contribution is -0.116. The highest BCUT2D eigenvalue weighted by molar-refractivity contribution is 5.89. The van der Waals surface area contributed by atoms with Gasteiger partial charge in [0.2, 0.25) is 5.91 Å². The van der Waals surface area contributed by atoms with E-state index in [9.17, 15) is 9.59 Å². The number of aromatic nitrogens is 4. The third-order valence-corrected chi connectivity index (χ3v) is 4.11. The molecule has 3 rings (SSSR count). The van der Waals surface area contributed by atoms with E-state index in [1.165, 1.54) is 22.6 Å². The number of hydrogen-bond donors (Lipinski definition) is 2. The molecule has 0 saturated heterocycles. The zero-order valence-corrected chi connectivity index (χ0v) is 15.2. The van der Waals surface area contributed by atoms with E-state index in [0.717, 1.165) is 11.3 Å². The second-order valence-corrected chi connectivity index (χ2v) is 6.41. The zero-order chi connectivity index (χ0) is 19.4. The first kappa shape index (κ1) is 18.4. The lowest BCUT2D eigenvalue weighted by Gasteiger charge is -2.05. The molecule has 3 aromatic rings. The van der Waals surface area contributed by atoms with Crippen LogP contribution < -0.4 is 5.32 Å². The summed E-state index contributed by atoms with van der Waals surface area (Å²) in [6.45, 7) is 4.91. The molecule has 8 nitrogen and oxygen atoms in total. The van der Waals surface area contributed by atoms with Crippen molar-refractivity contribution in [1.82, 2.24) is 19.6 Å². The Balaban J connectivity index is 1.57. The first-order valence-electron chi connectivity index (χ1n) is 8.56. The maximum atomic E-state index is 12.1. The van der Waals surface area contributed by atoms with Gasteiger partial charge in [0.05, 0.1) is 18.3 Å². The highest BCUT2D eigenvalue weighted by atomic mass is 16.4. The second-order valence-electron chi connectivity index (χ2n) is 6.41. The van der Waals surface area contributed by atoms with Crippen LogP contribution in [0.1, 0.15) is 33.6 Å². The van der Waals surface area contributed by atoms with Gasteiger partial charge in [-0.2, -0.15) is 10.2 Å². The van der Waals surface area contributed by atoms with Gasteiger partial charge in [-0.15, -0.1) is 0 Å². The molecule has 1 amide bonds. The highest BCUT2D eigenvalue weighted by Gasteiger charge is 2.10. The molecule has 2 heterocycles. The maximum absolute atomic E-state index is 12.1. The van der Waals surface area contributed by atoms with Crippen molar-refractivity contribution in [3.05, 3.63) is 65.1 Å². The molecule has 0 aliphatic carbocycles. The van der Waals surface area contributed by atoms with Crippen LogP contribution in [0.2, 0.25) is 0 Å². The Kier molecular flexibility index (Phi) is 5.35. The summed E-state index contributed by atoms with van der Waals surface area (Å²) in [6.07, 6.45) is 2.83. The molecule has 0 unspecified atom stereocenters. The topological polar surface area (TPSA) is 102 Å². The Bertz CT molecular complexity index is 973. The largest absolute Gasteiger partial charge is 0.478 e. The number of carbonyl (C=O) groups excluding carboxylic acids is 1. The van der Waals surface area contributed by atoms with Crippen molar-refractivity contribution < 1.29 is 14.7 Å². The smallest absolute Gasteiger partial charge is 0.338 e. The number of carboxylic acids is 1. The standard InChI is InChI=1S/C19H21N5O3/c1-13-4-3-5-15(8-13)11-24-14(2)9-17(22-24)21-18(25)6-7-23-12-16(10-20-23)19(26)27/h3-5,8-10,12H,6-7,11H2,1-2H3,(H,26,27)(H,21,22,25). The fourth-order valence-electron chi connectivity index (χ4n) is 2.73. The molecule has 0 spiro atoms. The second kappa shape index (κ2) is 7.86. The normalized spacial score (nSPS) is 10.7. The number of aryl methyl sites for hydroxylation is 3. The number of anilines is 1. The molecule has 0 saturated carbocycles. The van der Waals surface area contributed by atoms with Gasteiger partial charge in [0.15, 0.2) is 5.82 Å². The number of rotatable bonds is 7. The van der Waals surface area contributed by atoms with Gasteiger partial charge in [0, 0.05) is 30.9 Å². The number of amides is 1. The highest BCUT2D eigenvalue weighted by Crippen LogP contribution is 2.13. The van der Waals surface area contributed by atoms with Crippen molar-refractivity contribution >= 4 is 17.7 Å². The van der Waals surface area contributed by atoms with Crippen LogP contribution in [-0.2, 0) is 17.9 Å². The van der Waals surface area contributed by atoms with Crippen LogP contribution in [0, 0.1) is 13.8 Å². The molecule has 0 aliphatic rings. The number of aromatic carboxylic acids is 1. The van der Waals surface area contributed by atoms with Crippen LogP contribution in [0.25, 0.3) is 0 Å². The third-order valence-electron chi connectivity index (χ3n) is 4.11. The third kappa shape index (κ3) is 4.81. The molecule has 0 fully saturated rings. The average Bonchev–Trinajstić information content (AvgIpc) is 3.20. The summed E-state index contributed by atoms with van der Waals surface area (Å²) in [5, 5.41) is 20.0. The monoisotopic (exact) mass is 367 g/mol. The average molecular weight is 367 g/mol. The molecular weight excluding hydrogens is 346 g/mol. The number of nitrogens with one attached hydrogen (secondary N) is 1.